The highest BCUT2D eigenvalue weighted by atomic mass is 16.3. The molecule has 0 spiro atoms. The van der Waals surface area contributed by atoms with Crippen molar-refractivity contribution in [1.82, 2.24) is 14.8 Å². The minimum Gasteiger partial charge on any atom is -0.468 e. The van der Waals surface area contributed by atoms with E-state index in [4.69, 9.17) is 9.68 Å². The van der Waals surface area contributed by atoms with Crippen molar-refractivity contribution in [2.75, 3.05) is 20.6 Å². The molecule has 20 heavy (non-hydrogen) atoms. The number of nitrogens with one attached hydrogen (secondary N) is 1. The lowest BCUT2D eigenvalue weighted by Crippen LogP contribution is -2.30. The Kier molecular flexibility index (Phi) is 4.61. The molecule has 5 heteroatoms. The quantitative estimate of drug-likeness (QED) is 0.872. The van der Waals surface area contributed by atoms with E-state index in [0.29, 0.717) is 5.69 Å². The number of aromatic nitrogens is 1. The van der Waals surface area contributed by atoms with Gasteiger partial charge in [0.1, 0.15) is 17.5 Å². The molecule has 2 rings (SSSR count). The maximum Gasteiger partial charge on any atom is 0.122 e. The van der Waals surface area contributed by atoms with Crippen LogP contribution in [0.4, 0.5) is 0 Å². The Hall–Kier alpha value is -2.03. The second-order valence-electron chi connectivity index (χ2n) is 5.08. The molecule has 0 aliphatic heterocycles. The molecule has 0 bridgehead atoms. The molecule has 1 N–H and O–H groups in total. The van der Waals surface area contributed by atoms with Gasteiger partial charge in [-0.25, -0.2) is 0 Å². The van der Waals surface area contributed by atoms with Crippen LogP contribution in [-0.4, -0.2) is 30.1 Å². The van der Waals surface area contributed by atoms with Gasteiger partial charge in [-0.05, 0) is 37.9 Å². The number of nitrogens with zero attached hydrogens (tertiary/aromatic N) is 3. The summed E-state index contributed by atoms with van der Waals surface area (Å²) >= 11 is 0. The zero-order chi connectivity index (χ0) is 14.5. The molecular weight excluding hydrogens is 252 g/mol. The Morgan fingerprint density at radius 1 is 1.50 bits per heavy atom. The lowest BCUT2D eigenvalue weighted by molar-refractivity contribution is 0.250. The van der Waals surface area contributed by atoms with E-state index in [9.17, 15) is 0 Å². The molecule has 106 valence electrons. The zero-order valence-electron chi connectivity index (χ0n) is 12.1. The van der Waals surface area contributed by atoms with Crippen LogP contribution >= 0.6 is 0 Å². The Morgan fingerprint density at radius 3 is 2.85 bits per heavy atom. The van der Waals surface area contributed by atoms with Crippen LogP contribution in [0.15, 0.2) is 35.1 Å². The Balaban J connectivity index is 1.92. The third-order valence-corrected chi connectivity index (χ3v) is 3.34. The van der Waals surface area contributed by atoms with Gasteiger partial charge in [-0.1, -0.05) is 0 Å². The molecule has 2 aromatic heterocycles. The van der Waals surface area contributed by atoms with E-state index >= 15 is 0 Å². The van der Waals surface area contributed by atoms with Crippen LogP contribution in [0.2, 0.25) is 0 Å². The summed E-state index contributed by atoms with van der Waals surface area (Å²) in [5.74, 6) is 0.952. The van der Waals surface area contributed by atoms with Gasteiger partial charge in [0.2, 0.25) is 0 Å². The number of hydrogen-bond donors (Lipinski definition) is 1. The number of hydrogen-bond acceptors (Lipinski definition) is 4. The highest BCUT2D eigenvalue weighted by Crippen LogP contribution is 2.17. The fourth-order valence-corrected chi connectivity index (χ4v) is 2.21. The molecule has 0 radical (unpaired) electrons. The predicted molar refractivity (Wildman–Crippen MR) is 77.0 cm³/mol. The van der Waals surface area contributed by atoms with E-state index in [1.54, 1.807) is 6.26 Å². The van der Waals surface area contributed by atoms with Gasteiger partial charge < -0.3 is 14.3 Å². The van der Waals surface area contributed by atoms with E-state index in [-0.39, 0.29) is 6.04 Å². The van der Waals surface area contributed by atoms with Gasteiger partial charge >= 0.3 is 0 Å². The molecule has 0 aromatic carbocycles. The Morgan fingerprint density at radius 2 is 2.30 bits per heavy atom. The topological polar surface area (TPSA) is 57.1 Å². The molecule has 0 aliphatic carbocycles. The first kappa shape index (κ1) is 14.4. The molecule has 1 unspecified atom stereocenters. The Bertz CT molecular complexity index is 578. The molecular formula is C15H20N4O. The maximum atomic E-state index is 8.93. The molecule has 2 aromatic rings. The molecule has 0 saturated heterocycles. The van der Waals surface area contributed by atoms with Crippen molar-refractivity contribution in [2.24, 2.45) is 7.05 Å². The van der Waals surface area contributed by atoms with E-state index in [2.05, 4.69) is 16.3 Å². The molecule has 0 aliphatic rings. The van der Waals surface area contributed by atoms with Crippen LogP contribution in [0.3, 0.4) is 0 Å². The molecule has 1 atom stereocenters. The van der Waals surface area contributed by atoms with E-state index in [1.165, 1.54) is 0 Å². The van der Waals surface area contributed by atoms with Crippen LogP contribution < -0.4 is 5.32 Å². The van der Waals surface area contributed by atoms with Crippen molar-refractivity contribution in [3.05, 3.63) is 47.7 Å². The maximum absolute atomic E-state index is 8.93. The third-order valence-electron chi connectivity index (χ3n) is 3.34. The van der Waals surface area contributed by atoms with Crippen molar-refractivity contribution in [2.45, 2.75) is 12.6 Å². The van der Waals surface area contributed by atoms with Crippen LogP contribution in [0, 0.1) is 11.3 Å². The van der Waals surface area contributed by atoms with Gasteiger partial charge in [-0.2, -0.15) is 5.26 Å². The summed E-state index contributed by atoms with van der Waals surface area (Å²) < 4.78 is 7.31. The summed E-state index contributed by atoms with van der Waals surface area (Å²) in [6.45, 7) is 1.53. The summed E-state index contributed by atoms with van der Waals surface area (Å²) in [5.41, 5.74) is 1.79. The largest absolute Gasteiger partial charge is 0.468 e. The lowest BCUT2D eigenvalue weighted by atomic mass is 10.2. The summed E-state index contributed by atoms with van der Waals surface area (Å²) in [7, 11) is 5.95. The molecule has 0 saturated carbocycles. The van der Waals surface area contributed by atoms with Crippen molar-refractivity contribution in [3.63, 3.8) is 0 Å². The van der Waals surface area contributed by atoms with E-state index < -0.39 is 0 Å². The van der Waals surface area contributed by atoms with Gasteiger partial charge in [0.25, 0.3) is 0 Å². The predicted octanol–water partition coefficient (Wildman–Crippen LogP) is 1.88. The molecule has 0 amide bonds. The molecule has 0 fully saturated rings. The average Bonchev–Trinajstić information content (AvgIpc) is 3.03. The molecule has 5 nitrogen and oxygen atoms in total. The lowest BCUT2D eigenvalue weighted by Gasteiger charge is -2.22. The zero-order valence-corrected chi connectivity index (χ0v) is 12.1. The highest BCUT2D eigenvalue weighted by molar-refractivity contribution is 5.28. The first-order chi connectivity index (χ1) is 9.61. The smallest absolute Gasteiger partial charge is 0.122 e. The fourth-order valence-electron chi connectivity index (χ4n) is 2.21. The van der Waals surface area contributed by atoms with Crippen LogP contribution in [0.1, 0.15) is 23.1 Å². The number of furan rings is 1. The fraction of sp³-hybridized carbons (Fsp3) is 0.400. The summed E-state index contributed by atoms with van der Waals surface area (Å²) in [5, 5.41) is 12.3. The number of rotatable bonds is 6. The van der Waals surface area contributed by atoms with Crippen molar-refractivity contribution in [3.8, 4) is 6.07 Å². The van der Waals surface area contributed by atoms with Crippen molar-refractivity contribution >= 4 is 0 Å². The number of nitriles is 1. The monoisotopic (exact) mass is 272 g/mol. The second-order valence-corrected chi connectivity index (χ2v) is 5.08. The first-order valence-corrected chi connectivity index (χ1v) is 6.57. The summed E-state index contributed by atoms with van der Waals surface area (Å²) in [4.78, 5) is 2.12. The summed E-state index contributed by atoms with van der Waals surface area (Å²) in [6, 6.07) is 8.17. The van der Waals surface area contributed by atoms with E-state index in [1.807, 2.05) is 50.1 Å². The number of likely N-dealkylation sites (N-methyl/N-ethyl adjacent to an activating group) is 1. The van der Waals surface area contributed by atoms with Crippen molar-refractivity contribution in [1.29, 1.82) is 5.26 Å². The van der Waals surface area contributed by atoms with Crippen LogP contribution in [0.5, 0.6) is 0 Å². The van der Waals surface area contributed by atoms with E-state index in [0.717, 1.165) is 24.4 Å². The van der Waals surface area contributed by atoms with Gasteiger partial charge in [-0.15, -0.1) is 0 Å². The second kappa shape index (κ2) is 6.42. The van der Waals surface area contributed by atoms with Gasteiger partial charge in [0, 0.05) is 26.3 Å². The molecule has 2 heterocycles. The Labute approximate surface area is 119 Å². The van der Waals surface area contributed by atoms with Gasteiger partial charge in [-0.3, -0.25) is 4.90 Å². The number of aryl methyl sites for hydroxylation is 1. The van der Waals surface area contributed by atoms with Crippen LogP contribution in [-0.2, 0) is 13.6 Å². The first-order valence-electron chi connectivity index (χ1n) is 6.57. The average molecular weight is 272 g/mol. The third kappa shape index (κ3) is 3.29. The standard InChI is InChI=1S/C15H20N4O/c1-18(2)14(15-5-4-6-20-15)10-17-9-12-7-13(8-16)19(3)11-12/h4-7,11,14,17H,9-10H2,1-3H3. The minimum atomic E-state index is 0.198. The van der Waals surface area contributed by atoms with Crippen molar-refractivity contribution < 1.29 is 4.42 Å². The van der Waals surface area contributed by atoms with Gasteiger partial charge in [0.15, 0.2) is 0 Å². The normalized spacial score (nSPS) is 12.6. The SMILES string of the molecule is CN(C)C(CNCc1cc(C#N)n(C)c1)c1ccco1. The minimum absolute atomic E-state index is 0.198. The highest BCUT2D eigenvalue weighted by Gasteiger charge is 2.16. The van der Waals surface area contributed by atoms with Crippen LogP contribution in [0.25, 0.3) is 0 Å². The van der Waals surface area contributed by atoms with Gasteiger partial charge in [0.05, 0.1) is 12.3 Å². The summed E-state index contributed by atoms with van der Waals surface area (Å²) in [6.07, 6.45) is 3.67.